The fourth-order valence-electron chi connectivity index (χ4n) is 3.47. The smallest absolute Gasteiger partial charge is 0.343 e. The first kappa shape index (κ1) is 20.1. The standard InChI is InChI=1S/C27H20O4/c1-18-12-17-23(19-8-4-2-5-9-19)24(20-10-6-3-7-11-20)25(18)31-27(30)22-15-13-21(14-16-22)26(28)29/h2-17H,1H3,(H,28,29). The van der Waals surface area contributed by atoms with Crippen LogP contribution in [0.4, 0.5) is 0 Å². The van der Waals surface area contributed by atoms with Crippen LogP contribution in [0.1, 0.15) is 26.3 Å². The first-order valence-corrected chi connectivity index (χ1v) is 9.84. The summed E-state index contributed by atoms with van der Waals surface area (Å²) in [6.45, 7) is 1.90. The van der Waals surface area contributed by atoms with Crippen molar-refractivity contribution < 1.29 is 19.4 Å². The van der Waals surface area contributed by atoms with Gasteiger partial charge in [0.15, 0.2) is 0 Å². The summed E-state index contributed by atoms with van der Waals surface area (Å²) in [6.07, 6.45) is 0. The molecule has 0 radical (unpaired) electrons. The van der Waals surface area contributed by atoms with E-state index in [4.69, 9.17) is 9.84 Å². The van der Waals surface area contributed by atoms with Crippen molar-refractivity contribution >= 4 is 11.9 Å². The first-order chi connectivity index (χ1) is 15.0. The fraction of sp³-hybridized carbons (Fsp3) is 0.0370. The lowest BCUT2D eigenvalue weighted by Gasteiger charge is -2.18. The molecule has 0 aliphatic heterocycles. The van der Waals surface area contributed by atoms with Crippen molar-refractivity contribution in [2.24, 2.45) is 0 Å². The van der Waals surface area contributed by atoms with Crippen LogP contribution >= 0.6 is 0 Å². The Morgan fingerprint density at radius 1 is 0.677 bits per heavy atom. The number of hydrogen-bond donors (Lipinski definition) is 1. The topological polar surface area (TPSA) is 63.6 Å². The molecule has 0 saturated heterocycles. The van der Waals surface area contributed by atoms with Gasteiger partial charge in [0.05, 0.1) is 11.1 Å². The lowest BCUT2D eigenvalue weighted by atomic mass is 9.92. The summed E-state index contributed by atoms with van der Waals surface area (Å²) in [5.41, 5.74) is 4.98. The number of carbonyl (C=O) groups is 2. The molecule has 4 nitrogen and oxygen atoms in total. The van der Waals surface area contributed by atoms with Crippen molar-refractivity contribution in [3.05, 3.63) is 114 Å². The van der Waals surface area contributed by atoms with Crippen LogP contribution in [0.15, 0.2) is 97.1 Å². The number of hydrogen-bond acceptors (Lipinski definition) is 3. The number of carboxylic acids is 1. The monoisotopic (exact) mass is 408 g/mol. The highest BCUT2D eigenvalue weighted by Crippen LogP contribution is 2.41. The largest absolute Gasteiger partial charge is 0.478 e. The summed E-state index contributed by atoms with van der Waals surface area (Å²) >= 11 is 0. The minimum Gasteiger partial charge on any atom is -0.478 e. The molecule has 1 N–H and O–H groups in total. The van der Waals surface area contributed by atoms with Crippen LogP contribution < -0.4 is 4.74 Å². The van der Waals surface area contributed by atoms with E-state index in [1.807, 2.05) is 79.7 Å². The molecular weight excluding hydrogens is 388 g/mol. The Hall–Kier alpha value is -4.18. The maximum atomic E-state index is 12.9. The lowest BCUT2D eigenvalue weighted by Crippen LogP contribution is -2.11. The van der Waals surface area contributed by atoms with Crippen molar-refractivity contribution in [2.75, 3.05) is 0 Å². The summed E-state index contributed by atoms with van der Waals surface area (Å²) in [4.78, 5) is 24.0. The van der Waals surface area contributed by atoms with Gasteiger partial charge in [-0.05, 0) is 53.4 Å². The Labute approximate surface area is 180 Å². The zero-order chi connectivity index (χ0) is 21.8. The molecule has 4 rings (SSSR count). The third-order valence-corrected chi connectivity index (χ3v) is 5.06. The Kier molecular flexibility index (Phi) is 5.63. The van der Waals surface area contributed by atoms with Crippen LogP contribution in [0.5, 0.6) is 5.75 Å². The van der Waals surface area contributed by atoms with Gasteiger partial charge < -0.3 is 9.84 Å². The van der Waals surface area contributed by atoms with E-state index in [1.54, 1.807) is 0 Å². The average Bonchev–Trinajstić information content (AvgIpc) is 2.81. The maximum absolute atomic E-state index is 12.9. The van der Waals surface area contributed by atoms with Crippen LogP contribution in [0.3, 0.4) is 0 Å². The molecule has 31 heavy (non-hydrogen) atoms. The Bertz CT molecular complexity index is 1230. The molecule has 0 atom stereocenters. The quantitative estimate of drug-likeness (QED) is 0.313. The van der Waals surface area contributed by atoms with E-state index >= 15 is 0 Å². The number of esters is 1. The van der Waals surface area contributed by atoms with Gasteiger partial charge in [-0.2, -0.15) is 0 Å². The number of rotatable bonds is 5. The molecule has 0 aliphatic carbocycles. The Morgan fingerprint density at radius 3 is 1.81 bits per heavy atom. The van der Waals surface area contributed by atoms with Crippen molar-refractivity contribution in [3.8, 4) is 28.0 Å². The highest BCUT2D eigenvalue weighted by atomic mass is 16.5. The SMILES string of the molecule is Cc1ccc(-c2ccccc2)c(-c2ccccc2)c1OC(=O)c1ccc(C(=O)O)cc1. The third kappa shape index (κ3) is 4.23. The van der Waals surface area contributed by atoms with Gasteiger partial charge >= 0.3 is 11.9 Å². The Balaban J connectivity index is 1.81. The summed E-state index contributed by atoms with van der Waals surface area (Å²) in [7, 11) is 0. The number of benzene rings is 4. The Morgan fingerprint density at radius 2 is 1.23 bits per heavy atom. The van der Waals surface area contributed by atoms with Gasteiger partial charge in [0.2, 0.25) is 0 Å². The zero-order valence-electron chi connectivity index (χ0n) is 16.9. The van der Waals surface area contributed by atoms with Gasteiger partial charge in [-0.15, -0.1) is 0 Å². The molecule has 0 saturated carbocycles. The number of carbonyl (C=O) groups excluding carboxylic acids is 1. The molecule has 4 aromatic rings. The summed E-state index contributed by atoms with van der Waals surface area (Å²) < 4.78 is 5.89. The van der Waals surface area contributed by atoms with E-state index < -0.39 is 11.9 Å². The second-order valence-corrected chi connectivity index (χ2v) is 7.14. The lowest BCUT2D eigenvalue weighted by molar-refractivity contribution is 0.0691. The van der Waals surface area contributed by atoms with Crippen molar-refractivity contribution in [1.29, 1.82) is 0 Å². The van der Waals surface area contributed by atoms with Crippen molar-refractivity contribution in [2.45, 2.75) is 6.92 Å². The molecule has 0 heterocycles. The van der Waals surface area contributed by atoms with Crippen LogP contribution in [-0.2, 0) is 0 Å². The van der Waals surface area contributed by atoms with E-state index in [2.05, 4.69) is 0 Å². The number of aromatic carboxylic acids is 1. The predicted molar refractivity (Wildman–Crippen MR) is 120 cm³/mol. The van der Waals surface area contributed by atoms with Crippen LogP contribution in [0, 0.1) is 6.92 Å². The molecule has 4 heteroatoms. The molecule has 0 fully saturated rings. The van der Waals surface area contributed by atoms with E-state index in [9.17, 15) is 9.59 Å². The fourth-order valence-corrected chi connectivity index (χ4v) is 3.47. The summed E-state index contributed by atoms with van der Waals surface area (Å²) in [5.74, 6) is -1.10. The normalized spacial score (nSPS) is 10.5. The van der Waals surface area contributed by atoms with Gasteiger partial charge in [-0.3, -0.25) is 0 Å². The summed E-state index contributed by atoms with van der Waals surface area (Å²) in [6, 6.07) is 29.4. The predicted octanol–water partition coefficient (Wildman–Crippen LogP) is 6.25. The second kappa shape index (κ2) is 8.67. The molecule has 152 valence electrons. The van der Waals surface area contributed by atoms with Gasteiger partial charge in [0.1, 0.15) is 5.75 Å². The summed E-state index contributed by atoms with van der Waals surface area (Å²) in [5, 5.41) is 9.07. The highest BCUT2D eigenvalue weighted by Gasteiger charge is 2.19. The van der Waals surface area contributed by atoms with Crippen LogP contribution in [-0.4, -0.2) is 17.0 Å². The average molecular weight is 408 g/mol. The van der Waals surface area contributed by atoms with Crippen molar-refractivity contribution in [3.63, 3.8) is 0 Å². The van der Waals surface area contributed by atoms with Gasteiger partial charge in [-0.25, -0.2) is 9.59 Å². The molecule has 0 unspecified atom stereocenters. The second-order valence-electron chi connectivity index (χ2n) is 7.14. The van der Waals surface area contributed by atoms with E-state index in [0.29, 0.717) is 5.75 Å². The molecule has 4 aromatic carbocycles. The molecular formula is C27H20O4. The van der Waals surface area contributed by atoms with E-state index in [1.165, 1.54) is 24.3 Å². The highest BCUT2D eigenvalue weighted by molar-refractivity contribution is 5.96. The van der Waals surface area contributed by atoms with Crippen LogP contribution in [0.2, 0.25) is 0 Å². The number of aryl methyl sites for hydroxylation is 1. The zero-order valence-corrected chi connectivity index (χ0v) is 16.9. The van der Waals surface area contributed by atoms with Crippen molar-refractivity contribution in [1.82, 2.24) is 0 Å². The number of ether oxygens (including phenoxy) is 1. The third-order valence-electron chi connectivity index (χ3n) is 5.06. The minimum atomic E-state index is -1.04. The maximum Gasteiger partial charge on any atom is 0.343 e. The number of carboxylic acid groups (broad SMARTS) is 1. The molecule has 0 amide bonds. The molecule has 0 aliphatic rings. The van der Waals surface area contributed by atoms with Crippen LogP contribution in [0.25, 0.3) is 22.3 Å². The van der Waals surface area contributed by atoms with Gasteiger partial charge in [-0.1, -0.05) is 72.8 Å². The minimum absolute atomic E-state index is 0.115. The van der Waals surface area contributed by atoms with Gasteiger partial charge in [0, 0.05) is 5.56 Å². The first-order valence-electron chi connectivity index (χ1n) is 9.84. The van der Waals surface area contributed by atoms with E-state index in [0.717, 1.165) is 27.8 Å². The molecule has 0 bridgehead atoms. The molecule has 0 spiro atoms. The van der Waals surface area contributed by atoms with E-state index in [-0.39, 0.29) is 11.1 Å². The molecule has 0 aromatic heterocycles. The van der Waals surface area contributed by atoms with Gasteiger partial charge in [0.25, 0.3) is 0 Å².